The van der Waals surface area contributed by atoms with Crippen LogP contribution in [-0.4, -0.2) is 45.9 Å². The summed E-state index contributed by atoms with van der Waals surface area (Å²) >= 11 is 0. The summed E-state index contributed by atoms with van der Waals surface area (Å²) in [6, 6.07) is 2.83. The van der Waals surface area contributed by atoms with Crippen LogP contribution in [0, 0.1) is 0 Å². The number of ketones is 3. The van der Waals surface area contributed by atoms with Gasteiger partial charge in [-0.15, -0.1) is 0 Å². The van der Waals surface area contributed by atoms with Crippen molar-refractivity contribution >= 4 is 17.3 Å². The number of Topliss-reactive ketones (excluding diaryl/α,β-unsaturated/α-hetero) is 1. The van der Waals surface area contributed by atoms with Gasteiger partial charge in [0, 0.05) is 28.7 Å². The van der Waals surface area contributed by atoms with E-state index in [1.54, 1.807) is 0 Å². The molecule has 0 saturated carbocycles. The summed E-state index contributed by atoms with van der Waals surface area (Å²) in [4.78, 5) is 38.6. The molecule has 0 aromatic heterocycles. The molecule has 2 aliphatic carbocycles. The highest BCUT2D eigenvalue weighted by Gasteiger charge is 2.41. The van der Waals surface area contributed by atoms with Crippen molar-refractivity contribution in [3.05, 3.63) is 51.1 Å². The van der Waals surface area contributed by atoms with E-state index in [4.69, 9.17) is 4.74 Å². The number of fused-ring (bicyclic) bond motifs is 3. The quantitative estimate of drug-likeness (QED) is 0.457. The lowest BCUT2D eigenvalue weighted by molar-refractivity contribution is 0.0960. The fourth-order valence-electron chi connectivity index (χ4n) is 4.16. The number of aromatic hydroxyl groups is 2. The maximum Gasteiger partial charge on any atom is 0.202 e. The normalized spacial score (nSPS) is 17.6. The van der Waals surface area contributed by atoms with Crippen molar-refractivity contribution in [2.75, 3.05) is 7.11 Å². The highest BCUT2D eigenvalue weighted by atomic mass is 16.5. The molecule has 144 valence electrons. The van der Waals surface area contributed by atoms with Gasteiger partial charge in [-0.3, -0.25) is 14.4 Å². The van der Waals surface area contributed by atoms with Crippen LogP contribution < -0.4 is 4.74 Å². The van der Waals surface area contributed by atoms with Crippen LogP contribution in [0.3, 0.4) is 0 Å². The number of methoxy groups -OCH3 is 1. The lowest BCUT2D eigenvalue weighted by Gasteiger charge is -2.28. The van der Waals surface area contributed by atoms with Gasteiger partial charge in [-0.25, -0.2) is 0 Å². The van der Waals surface area contributed by atoms with Gasteiger partial charge in [-0.05, 0) is 31.9 Å². The summed E-state index contributed by atoms with van der Waals surface area (Å²) in [5, 5.41) is 31.5. The second-order valence-corrected chi connectivity index (χ2v) is 7.08. The molecular formula is C21H18O7. The van der Waals surface area contributed by atoms with E-state index >= 15 is 0 Å². The number of rotatable bonds is 2. The van der Waals surface area contributed by atoms with Crippen LogP contribution in [0.2, 0.25) is 0 Å². The van der Waals surface area contributed by atoms with Crippen LogP contribution in [0.25, 0.3) is 0 Å². The predicted octanol–water partition coefficient (Wildman–Crippen LogP) is 1.93. The van der Waals surface area contributed by atoms with Crippen LogP contribution in [0.15, 0.2) is 12.1 Å². The van der Waals surface area contributed by atoms with Crippen LogP contribution in [0.4, 0.5) is 0 Å². The lowest BCUT2D eigenvalue weighted by Crippen LogP contribution is -2.27. The summed E-state index contributed by atoms with van der Waals surface area (Å²) in [6.07, 6.45) is -0.0174. The maximum absolute atomic E-state index is 13.3. The minimum atomic E-state index is -0.732. The molecule has 0 bridgehead atoms. The number of carbonyl (C=O) groups is 3. The van der Waals surface area contributed by atoms with Gasteiger partial charge < -0.3 is 20.1 Å². The van der Waals surface area contributed by atoms with Gasteiger partial charge in [0.1, 0.15) is 17.2 Å². The summed E-state index contributed by atoms with van der Waals surface area (Å²) in [7, 11) is 1.34. The molecule has 0 fully saturated rings. The molecule has 0 saturated heterocycles. The maximum atomic E-state index is 13.3. The molecule has 0 spiro atoms. The molecule has 4 rings (SSSR count). The van der Waals surface area contributed by atoms with Crippen LogP contribution in [0.5, 0.6) is 17.2 Å². The molecule has 2 aromatic rings. The molecule has 3 N–H and O–H groups in total. The first kappa shape index (κ1) is 18.2. The van der Waals surface area contributed by atoms with E-state index in [1.165, 1.54) is 26.2 Å². The average Bonchev–Trinajstić information content (AvgIpc) is 2.67. The number of carbonyl (C=O) groups excluding carboxylic acids is 3. The first-order valence-electron chi connectivity index (χ1n) is 8.86. The zero-order valence-corrected chi connectivity index (χ0v) is 15.3. The number of hydrogen-bond donors (Lipinski definition) is 3. The summed E-state index contributed by atoms with van der Waals surface area (Å²) in [5.74, 6) is -2.52. The third-order valence-corrected chi connectivity index (χ3v) is 5.50. The largest absolute Gasteiger partial charge is 0.507 e. The Hall–Kier alpha value is -3.19. The van der Waals surface area contributed by atoms with Crippen molar-refractivity contribution in [3.63, 3.8) is 0 Å². The van der Waals surface area contributed by atoms with Gasteiger partial charge in [0.2, 0.25) is 5.78 Å². The second-order valence-electron chi connectivity index (χ2n) is 7.08. The predicted molar refractivity (Wildman–Crippen MR) is 97.7 cm³/mol. The van der Waals surface area contributed by atoms with E-state index in [-0.39, 0.29) is 57.7 Å². The molecule has 0 radical (unpaired) electrons. The Kier molecular flexibility index (Phi) is 4.01. The Labute approximate surface area is 160 Å². The third-order valence-electron chi connectivity index (χ3n) is 5.50. The van der Waals surface area contributed by atoms with Crippen molar-refractivity contribution in [1.29, 1.82) is 0 Å². The number of phenolic OH excluding ortho intramolecular Hbond substituents is 2. The zero-order chi connectivity index (χ0) is 20.3. The topological polar surface area (TPSA) is 121 Å². The summed E-state index contributed by atoms with van der Waals surface area (Å²) in [5.41, 5.74) is -0.215. The molecule has 1 unspecified atom stereocenters. The van der Waals surface area contributed by atoms with Gasteiger partial charge in [0.25, 0.3) is 0 Å². The zero-order valence-electron chi connectivity index (χ0n) is 15.3. The second kappa shape index (κ2) is 6.17. The molecule has 2 aromatic carbocycles. The van der Waals surface area contributed by atoms with E-state index < -0.39 is 29.2 Å². The summed E-state index contributed by atoms with van der Waals surface area (Å²) < 4.78 is 5.22. The number of hydrogen-bond acceptors (Lipinski definition) is 7. The molecule has 0 aliphatic heterocycles. The van der Waals surface area contributed by atoms with E-state index in [0.29, 0.717) is 12.0 Å². The van der Waals surface area contributed by atoms with Crippen molar-refractivity contribution in [1.82, 2.24) is 0 Å². The van der Waals surface area contributed by atoms with Crippen molar-refractivity contribution in [2.45, 2.75) is 32.3 Å². The van der Waals surface area contributed by atoms with Gasteiger partial charge in [-0.1, -0.05) is 0 Å². The van der Waals surface area contributed by atoms with E-state index in [0.717, 1.165) is 0 Å². The Balaban J connectivity index is 2.09. The highest BCUT2D eigenvalue weighted by molar-refractivity contribution is 6.33. The molecule has 0 heterocycles. The van der Waals surface area contributed by atoms with Crippen LogP contribution in [-0.2, 0) is 12.8 Å². The molecular weight excluding hydrogens is 364 g/mol. The lowest BCUT2D eigenvalue weighted by atomic mass is 9.75. The number of ether oxygens (including phenoxy) is 1. The fraction of sp³-hybridized carbons (Fsp3) is 0.286. The van der Waals surface area contributed by atoms with Crippen LogP contribution in [0.1, 0.15) is 66.7 Å². The van der Waals surface area contributed by atoms with Gasteiger partial charge in [0.05, 0.1) is 29.9 Å². The third kappa shape index (κ3) is 2.29. The number of aliphatic hydroxyl groups is 1. The SMILES string of the molecule is COc1ccc(C(C)=O)c2c1C(=O)c1c(O)c3c(c(O)c1C2=O)CC(O)CC3. The molecule has 28 heavy (non-hydrogen) atoms. The van der Waals surface area contributed by atoms with Gasteiger partial charge >= 0.3 is 0 Å². The van der Waals surface area contributed by atoms with Crippen molar-refractivity contribution in [2.24, 2.45) is 0 Å². The van der Waals surface area contributed by atoms with Gasteiger partial charge in [0.15, 0.2) is 11.6 Å². The Morgan fingerprint density at radius 3 is 2.21 bits per heavy atom. The van der Waals surface area contributed by atoms with Crippen molar-refractivity contribution < 1.29 is 34.4 Å². The molecule has 1 atom stereocenters. The highest BCUT2D eigenvalue weighted by Crippen LogP contribution is 2.47. The smallest absolute Gasteiger partial charge is 0.202 e. The monoisotopic (exact) mass is 382 g/mol. The Morgan fingerprint density at radius 2 is 1.61 bits per heavy atom. The molecule has 0 amide bonds. The van der Waals surface area contributed by atoms with E-state index in [1.807, 2.05) is 0 Å². The minimum Gasteiger partial charge on any atom is -0.507 e. The number of benzene rings is 2. The Bertz CT molecular complexity index is 1080. The minimum absolute atomic E-state index is 0.0384. The average molecular weight is 382 g/mol. The standard InChI is InChI=1S/C21H18O7/c1-8(22)10-5-6-13(28-2)15-14(10)20(26)17-16(21(15)27)18(24)11-4-3-9(23)7-12(11)19(17)25/h5-6,9,23-25H,3-4,7H2,1-2H3. The fourth-order valence-corrected chi connectivity index (χ4v) is 4.16. The number of aliphatic hydroxyl groups excluding tert-OH is 1. The van der Waals surface area contributed by atoms with E-state index in [9.17, 15) is 29.7 Å². The van der Waals surface area contributed by atoms with Gasteiger partial charge in [-0.2, -0.15) is 0 Å². The Morgan fingerprint density at radius 1 is 1.00 bits per heavy atom. The molecule has 7 heteroatoms. The molecule has 7 nitrogen and oxygen atoms in total. The van der Waals surface area contributed by atoms with Crippen molar-refractivity contribution in [3.8, 4) is 17.2 Å². The van der Waals surface area contributed by atoms with Crippen LogP contribution >= 0.6 is 0 Å². The first-order valence-corrected chi connectivity index (χ1v) is 8.86. The number of phenols is 2. The first-order chi connectivity index (χ1) is 13.3. The summed E-state index contributed by atoms with van der Waals surface area (Å²) in [6.45, 7) is 1.27. The molecule has 2 aliphatic rings. The van der Waals surface area contributed by atoms with E-state index in [2.05, 4.69) is 0 Å².